The van der Waals surface area contributed by atoms with Crippen molar-refractivity contribution in [2.75, 3.05) is 0 Å². The lowest BCUT2D eigenvalue weighted by atomic mass is 10.1. The van der Waals surface area contributed by atoms with Crippen LogP contribution in [-0.2, 0) is 6.42 Å². The summed E-state index contributed by atoms with van der Waals surface area (Å²) in [7, 11) is 0. The van der Waals surface area contributed by atoms with E-state index < -0.39 is 0 Å². The van der Waals surface area contributed by atoms with Gasteiger partial charge in [-0.05, 0) is 25.0 Å². The van der Waals surface area contributed by atoms with Gasteiger partial charge in [0.2, 0.25) is 0 Å². The minimum atomic E-state index is -0.0497. The van der Waals surface area contributed by atoms with Crippen LogP contribution in [0.15, 0.2) is 65.7 Å². The Morgan fingerprint density at radius 2 is 1.60 bits per heavy atom. The number of hydrogen-bond donors (Lipinski definition) is 0. The molecule has 2 aromatic rings. The van der Waals surface area contributed by atoms with Gasteiger partial charge in [-0.25, -0.2) is 0 Å². The Labute approximate surface area is 125 Å². The van der Waals surface area contributed by atoms with Crippen molar-refractivity contribution in [3.63, 3.8) is 0 Å². The Balaban J connectivity index is 1.81. The first kappa shape index (κ1) is 13.4. The summed E-state index contributed by atoms with van der Waals surface area (Å²) in [6.07, 6.45) is 0.985. The lowest BCUT2D eigenvalue weighted by Crippen LogP contribution is -2.17. The summed E-state index contributed by atoms with van der Waals surface area (Å²) in [4.78, 5) is 4.90. The van der Waals surface area contributed by atoms with Crippen molar-refractivity contribution in [2.45, 2.75) is 30.4 Å². The largest absolute Gasteiger partial charge is 0.275 e. The maximum Gasteiger partial charge on any atom is 0.108 e. The summed E-state index contributed by atoms with van der Waals surface area (Å²) < 4.78 is 0. The molecular weight excluding hydrogens is 262 g/mol. The highest BCUT2D eigenvalue weighted by Gasteiger charge is 2.36. The van der Waals surface area contributed by atoms with E-state index in [0.717, 1.165) is 6.42 Å². The van der Waals surface area contributed by atoms with E-state index in [1.807, 2.05) is 11.8 Å². The lowest BCUT2D eigenvalue weighted by molar-refractivity contribution is 0.684. The van der Waals surface area contributed by atoms with E-state index in [0.29, 0.717) is 5.25 Å². The molecule has 0 radical (unpaired) electrons. The van der Waals surface area contributed by atoms with Crippen molar-refractivity contribution in [1.29, 1.82) is 0 Å². The summed E-state index contributed by atoms with van der Waals surface area (Å²) in [5.74, 6) is 0. The number of nitrogens with zero attached hydrogens (tertiary/aromatic N) is 1. The molecule has 0 spiro atoms. The van der Waals surface area contributed by atoms with Crippen molar-refractivity contribution in [2.24, 2.45) is 4.99 Å². The van der Waals surface area contributed by atoms with Gasteiger partial charge in [0.25, 0.3) is 0 Å². The summed E-state index contributed by atoms with van der Waals surface area (Å²) >= 11 is 1.97. The van der Waals surface area contributed by atoms with E-state index in [-0.39, 0.29) is 4.87 Å². The fraction of sp³-hybridized carbons (Fsp3) is 0.278. The maximum absolute atomic E-state index is 4.95. The Hall–Kier alpha value is -1.54. The van der Waals surface area contributed by atoms with Crippen LogP contribution in [-0.4, -0.2) is 10.6 Å². The van der Waals surface area contributed by atoms with Crippen LogP contribution in [0.4, 0.5) is 0 Å². The molecule has 20 heavy (non-hydrogen) atoms. The molecule has 2 heteroatoms. The van der Waals surface area contributed by atoms with E-state index in [1.54, 1.807) is 0 Å². The van der Waals surface area contributed by atoms with E-state index in [9.17, 15) is 0 Å². The van der Waals surface area contributed by atoms with Crippen LogP contribution in [0.3, 0.4) is 0 Å². The van der Waals surface area contributed by atoms with E-state index in [4.69, 9.17) is 4.99 Å². The molecule has 1 heterocycles. The molecule has 0 aromatic heterocycles. The van der Waals surface area contributed by atoms with Crippen LogP contribution < -0.4 is 0 Å². The molecule has 0 bridgehead atoms. The molecule has 1 aliphatic rings. The van der Waals surface area contributed by atoms with Gasteiger partial charge >= 0.3 is 0 Å². The van der Waals surface area contributed by atoms with Crippen LogP contribution >= 0.6 is 11.8 Å². The van der Waals surface area contributed by atoms with Gasteiger partial charge in [0.1, 0.15) is 4.87 Å². The second-order valence-corrected chi connectivity index (χ2v) is 7.09. The normalized spacial score (nSPS) is 25.5. The predicted molar refractivity (Wildman–Crippen MR) is 88.4 cm³/mol. The second-order valence-electron chi connectivity index (χ2n) is 5.50. The molecule has 1 aliphatic heterocycles. The van der Waals surface area contributed by atoms with Gasteiger partial charge in [-0.3, -0.25) is 4.99 Å². The van der Waals surface area contributed by atoms with Gasteiger partial charge < -0.3 is 0 Å². The van der Waals surface area contributed by atoms with Crippen molar-refractivity contribution in [3.8, 4) is 0 Å². The molecular formula is C18H19NS. The molecule has 2 aromatic carbocycles. The molecule has 102 valence electrons. The van der Waals surface area contributed by atoms with E-state index >= 15 is 0 Å². The van der Waals surface area contributed by atoms with Crippen molar-refractivity contribution >= 4 is 17.5 Å². The summed E-state index contributed by atoms with van der Waals surface area (Å²) in [6, 6.07) is 21.3. The monoisotopic (exact) mass is 281 g/mol. The SMILES string of the molecule is CC1=N[C@](C)(Cc2ccccc2)S[C@@H]1c1ccccc1. The highest BCUT2D eigenvalue weighted by molar-refractivity contribution is 8.01. The number of rotatable bonds is 3. The average Bonchev–Trinajstić information content (AvgIpc) is 2.76. The predicted octanol–water partition coefficient (Wildman–Crippen LogP) is 4.89. The summed E-state index contributed by atoms with van der Waals surface area (Å²) in [6.45, 7) is 4.40. The smallest absolute Gasteiger partial charge is 0.108 e. The molecule has 0 unspecified atom stereocenters. The Kier molecular flexibility index (Phi) is 3.66. The third-order valence-corrected chi connectivity index (χ3v) is 5.23. The molecule has 0 amide bonds. The zero-order chi connectivity index (χ0) is 14.0. The molecule has 0 N–H and O–H groups in total. The Morgan fingerprint density at radius 1 is 1.00 bits per heavy atom. The summed E-state index contributed by atoms with van der Waals surface area (Å²) in [5, 5.41) is 0.393. The van der Waals surface area contributed by atoms with Crippen LogP contribution in [0, 0.1) is 0 Å². The number of aliphatic imine (C=N–C) groups is 1. The number of thioether (sulfide) groups is 1. The molecule has 3 rings (SSSR count). The first-order valence-corrected chi connectivity index (χ1v) is 7.87. The molecule has 2 atom stereocenters. The van der Waals surface area contributed by atoms with Crippen molar-refractivity contribution < 1.29 is 0 Å². The highest BCUT2D eigenvalue weighted by atomic mass is 32.2. The fourth-order valence-electron chi connectivity index (χ4n) is 2.79. The summed E-state index contributed by atoms with van der Waals surface area (Å²) in [5.41, 5.74) is 3.95. The van der Waals surface area contributed by atoms with Crippen LogP contribution in [0.2, 0.25) is 0 Å². The van der Waals surface area contributed by atoms with Crippen LogP contribution in [0.25, 0.3) is 0 Å². The van der Waals surface area contributed by atoms with Gasteiger partial charge in [0.15, 0.2) is 0 Å². The first-order chi connectivity index (χ1) is 9.66. The van der Waals surface area contributed by atoms with Gasteiger partial charge in [0.05, 0.1) is 5.25 Å². The fourth-order valence-corrected chi connectivity index (χ4v) is 4.26. The van der Waals surface area contributed by atoms with Crippen LogP contribution in [0.1, 0.15) is 30.2 Å². The van der Waals surface area contributed by atoms with Gasteiger partial charge in [-0.1, -0.05) is 60.7 Å². The Morgan fingerprint density at radius 3 is 2.25 bits per heavy atom. The molecule has 0 saturated carbocycles. The molecule has 0 fully saturated rings. The molecule has 0 aliphatic carbocycles. The minimum absolute atomic E-state index is 0.0497. The van der Waals surface area contributed by atoms with Gasteiger partial charge in [0, 0.05) is 12.1 Å². The van der Waals surface area contributed by atoms with E-state index in [1.165, 1.54) is 16.8 Å². The minimum Gasteiger partial charge on any atom is -0.275 e. The highest BCUT2D eigenvalue weighted by Crippen LogP contribution is 2.48. The van der Waals surface area contributed by atoms with E-state index in [2.05, 4.69) is 74.5 Å². The van der Waals surface area contributed by atoms with Gasteiger partial charge in [-0.15, -0.1) is 11.8 Å². The topological polar surface area (TPSA) is 12.4 Å². The number of benzene rings is 2. The van der Waals surface area contributed by atoms with Crippen LogP contribution in [0.5, 0.6) is 0 Å². The standard InChI is InChI=1S/C18H19NS/c1-14-17(16-11-7-4-8-12-16)20-18(2,19-14)13-15-9-5-3-6-10-15/h3-12,17H,13H2,1-2H3/t17-,18-/m0/s1. The third-order valence-electron chi connectivity index (χ3n) is 3.64. The second kappa shape index (κ2) is 5.45. The first-order valence-electron chi connectivity index (χ1n) is 6.99. The molecule has 1 nitrogen and oxygen atoms in total. The van der Waals surface area contributed by atoms with Crippen molar-refractivity contribution in [3.05, 3.63) is 71.8 Å². The van der Waals surface area contributed by atoms with Crippen molar-refractivity contribution in [1.82, 2.24) is 0 Å². The number of hydrogen-bond acceptors (Lipinski definition) is 2. The molecule has 0 saturated heterocycles. The Bertz CT molecular complexity index is 606. The zero-order valence-electron chi connectivity index (χ0n) is 11.9. The van der Waals surface area contributed by atoms with Gasteiger partial charge in [-0.2, -0.15) is 0 Å². The average molecular weight is 281 g/mol. The quantitative estimate of drug-likeness (QED) is 0.780. The third kappa shape index (κ3) is 2.80. The maximum atomic E-state index is 4.95. The lowest BCUT2D eigenvalue weighted by Gasteiger charge is -2.22. The zero-order valence-corrected chi connectivity index (χ0v) is 12.7.